The molecule has 4 heteroatoms. The topological polar surface area (TPSA) is 56.2 Å². The van der Waals surface area contributed by atoms with Crippen molar-refractivity contribution in [3.05, 3.63) is 59.4 Å². The molecule has 0 saturated heterocycles. The van der Waals surface area contributed by atoms with Crippen LogP contribution >= 0.6 is 0 Å². The Morgan fingerprint density at radius 2 is 2.06 bits per heavy atom. The summed E-state index contributed by atoms with van der Waals surface area (Å²) in [6.07, 6.45) is 2.50. The van der Waals surface area contributed by atoms with Crippen molar-refractivity contribution in [1.29, 1.82) is 0 Å². The van der Waals surface area contributed by atoms with Crippen LogP contribution in [-0.4, -0.2) is 14.6 Å². The molecule has 2 heterocycles. The van der Waals surface area contributed by atoms with Crippen LogP contribution < -0.4 is 5.73 Å². The van der Waals surface area contributed by atoms with Gasteiger partial charge in [-0.25, -0.2) is 4.98 Å². The van der Waals surface area contributed by atoms with Crippen LogP contribution in [0.4, 0.5) is 5.82 Å². The number of hydrogen-bond acceptors (Lipinski definition) is 3. The zero-order chi connectivity index (χ0) is 12.5. The normalized spacial score (nSPS) is 10.9. The van der Waals surface area contributed by atoms with Gasteiger partial charge >= 0.3 is 0 Å². The van der Waals surface area contributed by atoms with Crippen LogP contribution in [0.3, 0.4) is 0 Å². The van der Waals surface area contributed by atoms with Crippen LogP contribution in [-0.2, 0) is 6.42 Å². The van der Waals surface area contributed by atoms with E-state index in [-0.39, 0.29) is 0 Å². The highest BCUT2D eigenvalue weighted by Crippen LogP contribution is 2.15. The lowest BCUT2D eigenvalue weighted by atomic mass is 10.0. The Morgan fingerprint density at radius 1 is 1.22 bits per heavy atom. The number of rotatable bonds is 2. The number of nitrogen functional groups attached to an aromatic ring is 1. The first-order valence-corrected chi connectivity index (χ1v) is 5.88. The highest BCUT2D eigenvalue weighted by atomic mass is 15.3. The van der Waals surface area contributed by atoms with Crippen LogP contribution in [0.1, 0.15) is 16.8 Å². The maximum atomic E-state index is 5.85. The molecule has 90 valence electrons. The summed E-state index contributed by atoms with van der Waals surface area (Å²) in [5.74, 6) is 0.607. The summed E-state index contributed by atoms with van der Waals surface area (Å²) in [5, 5.41) is 4.48. The second-order valence-corrected chi connectivity index (χ2v) is 4.38. The maximum absolute atomic E-state index is 5.85. The maximum Gasteiger partial charge on any atom is 0.157 e. The SMILES string of the molecule is Cc1ccccc1Cc1cc2nccc(N)n2n1. The largest absolute Gasteiger partial charge is 0.384 e. The molecule has 0 spiro atoms. The van der Waals surface area contributed by atoms with Crippen LogP contribution in [0.2, 0.25) is 0 Å². The number of anilines is 1. The number of benzene rings is 1. The lowest BCUT2D eigenvalue weighted by Crippen LogP contribution is -1.99. The number of fused-ring (bicyclic) bond motifs is 1. The third kappa shape index (κ3) is 1.82. The van der Waals surface area contributed by atoms with Gasteiger partial charge in [-0.05, 0) is 24.1 Å². The highest BCUT2D eigenvalue weighted by molar-refractivity contribution is 5.47. The minimum Gasteiger partial charge on any atom is -0.384 e. The molecule has 4 nitrogen and oxygen atoms in total. The summed E-state index contributed by atoms with van der Waals surface area (Å²) in [6.45, 7) is 2.11. The summed E-state index contributed by atoms with van der Waals surface area (Å²) >= 11 is 0. The van der Waals surface area contributed by atoms with Crippen molar-refractivity contribution >= 4 is 11.5 Å². The minimum absolute atomic E-state index is 0.607. The first-order chi connectivity index (χ1) is 8.74. The Kier molecular flexibility index (Phi) is 2.48. The van der Waals surface area contributed by atoms with E-state index in [0.717, 1.165) is 17.8 Å². The van der Waals surface area contributed by atoms with Gasteiger partial charge in [0.1, 0.15) is 5.82 Å². The average Bonchev–Trinajstić information content (AvgIpc) is 2.76. The number of hydrogen-bond donors (Lipinski definition) is 1. The minimum atomic E-state index is 0.607. The van der Waals surface area contributed by atoms with Gasteiger partial charge in [0, 0.05) is 18.7 Å². The Hall–Kier alpha value is -2.36. The average molecular weight is 238 g/mol. The molecule has 2 N–H and O–H groups in total. The van der Waals surface area contributed by atoms with E-state index >= 15 is 0 Å². The molecular formula is C14H14N4. The van der Waals surface area contributed by atoms with E-state index in [1.54, 1.807) is 16.8 Å². The smallest absolute Gasteiger partial charge is 0.157 e. The molecule has 3 rings (SSSR count). The summed E-state index contributed by atoms with van der Waals surface area (Å²) in [7, 11) is 0. The van der Waals surface area contributed by atoms with E-state index in [9.17, 15) is 0 Å². The molecule has 3 aromatic rings. The lowest BCUT2D eigenvalue weighted by Gasteiger charge is -2.02. The van der Waals surface area contributed by atoms with Gasteiger partial charge in [-0.15, -0.1) is 0 Å². The van der Waals surface area contributed by atoms with E-state index in [1.807, 2.05) is 18.2 Å². The van der Waals surface area contributed by atoms with E-state index < -0.39 is 0 Å². The summed E-state index contributed by atoms with van der Waals surface area (Å²) in [5.41, 5.74) is 10.2. The summed E-state index contributed by atoms with van der Waals surface area (Å²) < 4.78 is 1.67. The highest BCUT2D eigenvalue weighted by Gasteiger charge is 2.06. The Morgan fingerprint density at radius 3 is 2.83 bits per heavy atom. The van der Waals surface area contributed by atoms with E-state index in [1.165, 1.54) is 11.1 Å². The molecule has 0 fully saturated rings. The fourth-order valence-electron chi connectivity index (χ4n) is 2.05. The van der Waals surface area contributed by atoms with E-state index in [2.05, 4.69) is 29.1 Å². The van der Waals surface area contributed by atoms with Crippen molar-refractivity contribution in [3.63, 3.8) is 0 Å². The quantitative estimate of drug-likeness (QED) is 0.744. The lowest BCUT2D eigenvalue weighted by molar-refractivity contribution is 0.905. The van der Waals surface area contributed by atoms with Crippen LogP contribution in [0.5, 0.6) is 0 Å². The Bertz CT molecular complexity index is 700. The standard InChI is InChI=1S/C14H14N4/c1-10-4-2-3-5-11(10)8-12-9-14-16-7-6-13(15)18(14)17-12/h2-7,9H,8,15H2,1H3. The molecule has 0 atom stereocenters. The van der Waals surface area contributed by atoms with Crippen LogP contribution in [0.25, 0.3) is 5.65 Å². The number of nitrogens with zero attached hydrogens (tertiary/aromatic N) is 3. The van der Waals surface area contributed by atoms with Gasteiger partial charge in [-0.2, -0.15) is 9.61 Å². The van der Waals surface area contributed by atoms with Gasteiger partial charge in [0.05, 0.1) is 5.69 Å². The predicted molar refractivity (Wildman–Crippen MR) is 71.4 cm³/mol. The van der Waals surface area contributed by atoms with Gasteiger partial charge in [-0.1, -0.05) is 24.3 Å². The van der Waals surface area contributed by atoms with Crippen LogP contribution in [0.15, 0.2) is 42.6 Å². The molecule has 0 bridgehead atoms. The molecule has 0 saturated carbocycles. The van der Waals surface area contributed by atoms with E-state index in [4.69, 9.17) is 5.73 Å². The van der Waals surface area contributed by atoms with Gasteiger partial charge in [0.25, 0.3) is 0 Å². The fourth-order valence-corrected chi connectivity index (χ4v) is 2.05. The molecular weight excluding hydrogens is 224 g/mol. The van der Waals surface area contributed by atoms with E-state index in [0.29, 0.717) is 5.82 Å². The zero-order valence-corrected chi connectivity index (χ0v) is 10.2. The number of aryl methyl sites for hydroxylation is 1. The molecule has 18 heavy (non-hydrogen) atoms. The monoisotopic (exact) mass is 238 g/mol. The van der Waals surface area contributed by atoms with Gasteiger partial charge in [0.15, 0.2) is 5.65 Å². The number of aromatic nitrogens is 3. The Labute approximate surface area is 105 Å². The molecule has 0 unspecified atom stereocenters. The summed E-state index contributed by atoms with van der Waals surface area (Å²) in [4.78, 5) is 4.25. The molecule has 2 aromatic heterocycles. The first-order valence-electron chi connectivity index (χ1n) is 5.88. The second-order valence-electron chi connectivity index (χ2n) is 4.38. The van der Waals surface area contributed by atoms with Gasteiger partial charge in [-0.3, -0.25) is 0 Å². The van der Waals surface area contributed by atoms with Crippen molar-refractivity contribution in [3.8, 4) is 0 Å². The first kappa shape index (κ1) is 10.8. The van der Waals surface area contributed by atoms with Crippen molar-refractivity contribution < 1.29 is 0 Å². The molecule has 0 aliphatic rings. The molecule has 1 aromatic carbocycles. The third-order valence-electron chi connectivity index (χ3n) is 3.07. The predicted octanol–water partition coefficient (Wildman–Crippen LogP) is 2.21. The molecule has 0 aliphatic heterocycles. The molecule has 0 amide bonds. The Balaban J connectivity index is 2.01. The molecule has 0 radical (unpaired) electrons. The third-order valence-corrected chi connectivity index (χ3v) is 3.07. The fraction of sp³-hybridized carbons (Fsp3) is 0.143. The van der Waals surface area contributed by atoms with Crippen molar-refractivity contribution in [2.75, 3.05) is 5.73 Å². The van der Waals surface area contributed by atoms with Crippen LogP contribution in [0, 0.1) is 6.92 Å². The number of nitrogens with two attached hydrogens (primary N) is 1. The molecule has 0 aliphatic carbocycles. The van der Waals surface area contributed by atoms with Crippen molar-refractivity contribution in [1.82, 2.24) is 14.6 Å². The van der Waals surface area contributed by atoms with Gasteiger partial charge < -0.3 is 5.73 Å². The zero-order valence-electron chi connectivity index (χ0n) is 10.2. The van der Waals surface area contributed by atoms with Gasteiger partial charge in [0.2, 0.25) is 0 Å². The van der Waals surface area contributed by atoms with Crippen molar-refractivity contribution in [2.45, 2.75) is 13.3 Å². The van der Waals surface area contributed by atoms with Crippen molar-refractivity contribution in [2.24, 2.45) is 0 Å². The summed E-state index contributed by atoms with van der Waals surface area (Å²) in [6, 6.07) is 12.0. The second kappa shape index (κ2) is 4.14.